The van der Waals surface area contributed by atoms with Crippen LogP contribution >= 0.6 is 0 Å². The molecule has 0 N–H and O–H groups in total. The predicted octanol–water partition coefficient (Wildman–Crippen LogP) is 3.55. The van der Waals surface area contributed by atoms with Crippen LogP contribution in [0.2, 0.25) is 0 Å². The molecule has 7 nitrogen and oxygen atoms in total. The van der Waals surface area contributed by atoms with Crippen molar-refractivity contribution in [3.05, 3.63) is 54.1 Å². The first-order valence-corrected chi connectivity index (χ1v) is 12.7. The van der Waals surface area contributed by atoms with Gasteiger partial charge in [-0.3, -0.25) is 4.79 Å². The normalized spacial score (nSPS) is 18.0. The molecule has 0 atom stereocenters. The Morgan fingerprint density at radius 1 is 0.938 bits per heavy atom. The summed E-state index contributed by atoms with van der Waals surface area (Å²) < 4.78 is 38.6. The summed E-state index contributed by atoms with van der Waals surface area (Å²) in [6.07, 6.45) is 3.27. The van der Waals surface area contributed by atoms with E-state index in [9.17, 15) is 13.2 Å². The van der Waals surface area contributed by atoms with Crippen LogP contribution < -0.4 is 9.47 Å². The van der Waals surface area contributed by atoms with Gasteiger partial charge in [-0.1, -0.05) is 12.1 Å². The van der Waals surface area contributed by atoms with E-state index in [1.54, 1.807) is 29.2 Å². The zero-order chi connectivity index (χ0) is 22.6. The lowest BCUT2D eigenvalue weighted by atomic mass is 10.1. The van der Waals surface area contributed by atoms with Gasteiger partial charge in [0.1, 0.15) is 6.10 Å². The molecule has 2 saturated heterocycles. The molecule has 0 aliphatic carbocycles. The minimum Gasteiger partial charge on any atom is -0.490 e. The number of hydrogen-bond donors (Lipinski definition) is 0. The van der Waals surface area contributed by atoms with Crippen molar-refractivity contribution in [2.45, 2.75) is 43.6 Å². The molecule has 2 aromatic rings. The van der Waals surface area contributed by atoms with Gasteiger partial charge in [0.25, 0.3) is 5.91 Å². The van der Waals surface area contributed by atoms with Gasteiger partial charge in [0.05, 0.1) is 11.5 Å². The van der Waals surface area contributed by atoms with Crippen molar-refractivity contribution in [1.29, 1.82) is 0 Å². The van der Waals surface area contributed by atoms with Crippen molar-refractivity contribution in [3.8, 4) is 11.5 Å². The lowest BCUT2D eigenvalue weighted by molar-refractivity contribution is 0.0589. The van der Waals surface area contributed by atoms with Crippen LogP contribution in [0.25, 0.3) is 0 Å². The van der Waals surface area contributed by atoms with E-state index in [2.05, 4.69) is 0 Å². The Kier molecular flexibility index (Phi) is 7.01. The van der Waals surface area contributed by atoms with E-state index in [4.69, 9.17) is 9.47 Å². The van der Waals surface area contributed by atoms with E-state index >= 15 is 0 Å². The summed E-state index contributed by atoms with van der Waals surface area (Å²) in [5, 5.41) is 0. The van der Waals surface area contributed by atoms with Crippen LogP contribution in [0.5, 0.6) is 11.5 Å². The van der Waals surface area contributed by atoms with Gasteiger partial charge in [-0.05, 0) is 56.2 Å². The lowest BCUT2D eigenvalue weighted by Crippen LogP contribution is -2.41. The van der Waals surface area contributed by atoms with Crippen LogP contribution in [0, 0.1) is 0 Å². The van der Waals surface area contributed by atoms with Gasteiger partial charge < -0.3 is 14.4 Å². The SMILES string of the molecule is CCOc1ccccc1OC1CCN(C(=O)c2ccc(S(=O)(=O)N3CCCC3)cc2)CC1. The highest BCUT2D eigenvalue weighted by molar-refractivity contribution is 7.89. The molecular weight excluding hydrogens is 428 g/mol. The highest BCUT2D eigenvalue weighted by Crippen LogP contribution is 2.29. The van der Waals surface area contributed by atoms with Gasteiger partial charge in [0.15, 0.2) is 11.5 Å². The fourth-order valence-electron chi connectivity index (χ4n) is 4.21. The average molecular weight is 459 g/mol. The standard InChI is InChI=1S/C24H30N2O5S/c1-2-30-22-7-3-4-8-23(22)31-20-13-17-25(18-14-20)24(27)19-9-11-21(12-10-19)32(28,29)26-15-5-6-16-26/h3-4,7-12,20H,2,5-6,13-18H2,1H3. The van der Waals surface area contributed by atoms with Gasteiger partial charge >= 0.3 is 0 Å². The Hall–Kier alpha value is -2.58. The fourth-order valence-corrected chi connectivity index (χ4v) is 5.73. The molecule has 4 rings (SSSR count). The third-order valence-electron chi connectivity index (χ3n) is 5.98. The molecule has 32 heavy (non-hydrogen) atoms. The molecule has 0 radical (unpaired) electrons. The van der Waals surface area contributed by atoms with Crippen molar-refractivity contribution < 1.29 is 22.7 Å². The molecule has 2 fully saturated rings. The van der Waals surface area contributed by atoms with Crippen LogP contribution in [-0.4, -0.2) is 62.4 Å². The summed E-state index contributed by atoms with van der Waals surface area (Å²) in [5.41, 5.74) is 0.506. The smallest absolute Gasteiger partial charge is 0.253 e. The second-order valence-electron chi connectivity index (χ2n) is 8.12. The van der Waals surface area contributed by atoms with E-state index in [-0.39, 0.29) is 16.9 Å². The van der Waals surface area contributed by atoms with Gasteiger partial charge in [0, 0.05) is 44.6 Å². The molecule has 1 amide bonds. The Morgan fingerprint density at radius 3 is 2.19 bits per heavy atom. The molecule has 2 aliphatic rings. The van der Waals surface area contributed by atoms with Crippen molar-refractivity contribution >= 4 is 15.9 Å². The summed E-state index contributed by atoms with van der Waals surface area (Å²) in [4.78, 5) is 15.0. The number of para-hydroxylation sites is 2. The third-order valence-corrected chi connectivity index (χ3v) is 7.89. The van der Waals surface area contributed by atoms with Gasteiger partial charge in [-0.25, -0.2) is 8.42 Å². The zero-order valence-electron chi connectivity index (χ0n) is 18.4. The van der Waals surface area contributed by atoms with Crippen molar-refractivity contribution in [2.24, 2.45) is 0 Å². The molecule has 0 saturated carbocycles. The highest BCUT2D eigenvalue weighted by atomic mass is 32.2. The first-order chi connectivity index (χ1) is 15.5. The molecule has 2 heterocycles. The van der Waals surface area contributed by atoms with E-state index < -0.39 is 10.0 Å². The molecular formula is C24H30N2O5S. The van der Waals surface area contributed by atoms with Crippen LogP contribution in [0.4, 0.5) is 0 Å². The number of likely N-dealkylation sites (tertiary alicyclic amines) is 1. The first-order valence-electron chi connectivity index (χ1n) is 11.3. The minimum atomic E-state index is -3.47. The van der Waals surface area contributed by atoms with Crippen LogP contribution in [0.15, 0.2) is 53.4 Å². The zero-order valence-corrected chi connectivity index (χ0v) is 19.2. The monoisotopic (exact) mass is 458 g/mol. The van der Waals surface area contributed by atoms with Crippen LogP contribution in [0.1, 0.15) is 43.0 Å². The molecule has 2 aromatic carbocycles. The summed E-state index contributed by atoms with van der Waals surface area (Å²) in [6, 6.07) is 14.0. The number of amides is 1. The fraction of sp³-hybridized carbons (Fsp3) is 0.458. The topological polar surface area (TPSA) is 76.1 Å². The summed E-state index contributed by atoms with van der Waals surface area (Å²) in [7, 11) is -3.47. The maximum atomic E-state index is 12.9. The maximum absolute atomic E-state index is 12.9. The Balaban J connectivity index is 1.34. The minimum absolute atomic E-state index is 0.0219. The second kappa shape index (κ2) is 9.92. The Labute approximate surface area is 190 Å². The molecule has 0 aromatic heterocycles. The maximum Gasteiger partial charge on any atom is 0.253 e. The lowest BCUT2D eigenvalue weighted by Gasteiger charge is -2.32. The predicted molar refractivity (Wildman–Crippen MR) is 122 cm³/mol. The number of ether oxygens (including phenoxy) is 2. The number of piperidine rings is 1. The number of hydrogen-bond acceptors (Lipinski definition) is 5. The number of benzene rings is 2. The molecule has 0 spiro atoms. The summed E-state index contributed by atoms with van der Waals surface area (Å²) in [5.74, 6) is 1.38. The van der Waals surface area contributed by atoms with E-state index in [1.807, 2.05) is 31.2 Å². The van der Waals surface area contributed by atoms with Crippen molar-refractivity contribution in [2.75, 3.05) is 32.8 Å². The van der Waals surface area contributed by atoms with E-state index in [0.717, 1.165) is 37.2 Å². The Morgan fingerprint density at radius 2 is 1.56 bits per heavy atom. The molecule has 8 heteroatoms. The van der Waals surface area contributed by atoms with Crippen LogP contribution in [0.3, 0.4) is 0 Å². The van der Waals surface area contributed by atoms with E-state index in [0.29, 0.717) is 38.3 Å². The number of carbonyl (C=O) groups excluding carboxylic acids is 1. The molecule has 172 valence electrons. The van der Waals surface area contributed by atoms with Gasteiger partial charge in [-0.15, -0.1) is 0 Å². The second-order valence-corrected chi connectivity index (χ2v) is 10.1. The Bertz CT molecular complexity index is 1020. The first kappa shape index (κ1) is 22.6. The van der Waals surface area contributed by atoms with E-state index in [1.165, 1.54) is 4.31 Å². The van der Waals surface area contributed by atoms with Crippen LogP contribution in [-0.2, 0) is 10.0 Å². The van der Waals surface area contributed by atoms with Gasteiger partial charge in [-0.2, -0.15) is 4.31 Å². The summed E-state index contributed by atoms with van der Waals surface area (Å²) >= 11 is 0. The molecule has 0 unspecified atom stereocenters. The largest absolute Gasteiger partial charge is 0.490 e. The van der Waals surface area contributed by atoms with Crippen molar-refractivity contribution in [3.63, 3.8) is 0 Å². The molecule has 2 aliphatic heterocycles. The quantitative estimate of drug-likeness (QED) is 0.634. The third kappa shape index (κ3) is 4.91. The highest BCUT2D eigenvalue weighted by Gasteiger charge is 2.28. The number of nitrogens with zero attached hydrogens (tertiary/aromatic N) is 2. The summed E-state index contributed by atoms with van der Waals surface area (Å²) in [6.45, 7) is 4.83. The average Bonchev–Trinajstić information content (AvgIpc) is 3.37. The number of rotatable bonds is 7. The number of sulfonamides is 1. The van der Waals surface area contributed by atoms with Gasteiger partial charge in [0.2, 0.25) is 10.0 Å². The van der Waals surface area contributed by atoms with Crippen molar-refractivity contribution in [1.82, 2.24) is 9.21 Å². The number of carbonyl (C=O) groups is 1. The molecule has 0 bridgehead atoms.